The van der Waals surface area contributed by atoms with Gasteiger partial charge in [-0.25, -0.2) is 9.78 Å². The van der Waals surface area contributed by atoms with Crippen LogP contribution in [-0.4, -0.2) is 69.3 Å². The highest BCUT2D eigenvalue weighted by atomic mass is 16.3. The Kier molecular flexibility index (Phi) is 5.73. The second-order valence-electron chi connectivity index (χ2n) is 6.86. The van der Waals surface area contributed by atoms with Gasteiger partial charge in [-0.1, -0.05) is 0 Å². The number of likely N-dealkylation sites (tertiary alicyclic amines) is 2. The Balaban J connectivity index is 1.44. The summed E-state index contributed by atoms with van der Waals surface area (Å²) in [5.41, 5.74) is 0. The van der Waals surface area contributed by atoms with E-state index in [0.29, 0.717) is 13.1 Å². The minimum absolute atomic E-state index is 0.0205. The number of aliphatic hydroxyl groups is 1. The van der Waals surface area contributed by atoms with E-state index in [-0.39, 0.29) is 11.9 Å². The number of hydrogen-bond donors (Lipinski definition) is 2. The molecule has 7 heteroatoms. The molecule has 0 radical (unpaired) electrons. The molecule has 3 rings (SSSR count). The number of nitrogens with zero attached hydrogens (tertiary/aromatic N) is 4. The third-order valence-electron chi connectivity index (χ3n) is 5.22. The number of carbonyl (C=O) groups excluding carboxylic acids is 1. The Morgan fingerprint density at radius 1 is 1.38 bits per heavy atom. The van der Waals surface area contributed by atoms with Crippen molar-refractivity contribution in [2.24, 2.45) is 5.92 Å². The number of imidazole rings is 1. The molecule has 0 aromatic carbocycles. The Morgan fingerprint density at radius 2 is 2.17 bits per heavy atom. The lowest BCUT2D eigenvalue weighted by Gasteiger charge is -2.36. The second-order valence-corrected chi connectivity index (χ2v) is 6.86. The summed E-state index contributed by atoms with van der Waals surface area (Å²) >= 11 is 0. The average Bonchev–Trinajstić information content (AvgIpc) is 3.25. The summed E-state index contributed by atoms with van der Waals surface area (Å²) in [7, 11) is 0. The largest absolute Gasteiger partial charge is 0.391 e. The van der Waals surface area contributed by atoms with Crippen molar-refractivity contribution in [1.29, 1.82) is 0 Å². The molecule has 0 bridgehead atoms. The first-order valence-corrected chi connectivity index (χ1v) is 9.10. The maximum Gasteiger partial charge on any atom is 0.317 e. The van der Waals surface area contributed by atoms with E-state index in [1.165, 1.54) is 0 Å². The van der Waals surface area contributed by atoms with Crippen molar-refractivity contribution in [3.05, 3.63) is 18.2 Å². The van der Waals surface area contributed by atoms with E-state index in [9.17, 15) is 9.90 Å². The van der Waals surface area contributed by atoms with Crippen LogP contribution < -0.4 is 5.32 Å². The Morgan fingerprint density at radius 3 is 2.88 bits per heavy atom. The van der Waals surface area contributed by atoms with Gasteiger partial charge in [-0.05, 0) is 32.7 Å². The number of carbonyl (C=O) groups is 1. The molecule has 134 valence electrons. The van der Waals surface area contributed by atoms with Gasteiger partial charge in [0, 0.05) is 51.0 Å². The zero-order chi connectivity index (χ0) is 16.9. The van der Waals surface area contributed by atoms with Crippen LogP contribution in [0.4, 0.5) is 4.79 Å². The van der Waals surface area contributed by atoms with Crippen molar-refractivity contribution >= 4 is 6.03 Å². The minimum Gasteiger partial charge on any atom is -0.391 e. The summed E-state index contributed by atoms with van der Waals surface area (Å²) in [5.74, 6) is 1.18. The lowest BCUT2D eigenvalue weighted by atomic mass is 9.94. The highest BCUT2D eigenvalue weighted by Gasteiger charge is 2.29. The standard InChI is InChI=1S/C17H29N5O2/c1-2-21-10-6-18-16(21)13-20-9-5-14(15(23)12-20)11-19-17(24)22-7-3-4-8-22/h6,10,14-15,23H,2-5,7-9,11-13H2,1H3,(H,19,24)/t14-,15+/m0/s1. The van der Waals surface area contributed by atoms with Crippen LogP contribution in [0.25, 0.3) is 0 Å². The number of urea groups is 1. The molecule has 0 aliphatic carbocycles. The van der Waals surface area contributed by atoms with Gasteiger partial charge in [0.2, 0.25) is 0 Å². The Labute approximate surface area is 143 Å². The van der Waals surface area contributed by atoms with Crippen LogP contribution in [0.1, 0.15) is 32.0 Å². The third-order valence-corrected chi connectivity index (χ3v) is 5.22. The van der Waals surface area contributed by atoms with Gasteiger partial charge in [0.25, 0.3) is 0 Å². The van der Waals surface area contributed by atoms with Crippen LogP contribution in [0.15, 0.2) is 12.4 Å². The van der Waals surface area contributed by atoms with E-state index in [0.717, 1.165) is 57.8 Å². The summed E-state index contributed by atoms with van der Waals surface area (Å²) in [4.78, 5) is 20.6. The minimum atomic E-state index is -0.400. The molecule has 24 heavy (non-hydrogen) atoms. The number of piperidine rings is 1. The van der Waals surface area contributed by atoms with Crippen molar-refractivity contribution in [3.8, 4) is 0 Å². The lowest BCUT2D eigenvalue weighted by molar-refractivity contribution is 0.0182. The van der Waals surface area contributed by atoms with Crippen molar-refractivity contribution in [2.75, 3.05) is 32.7 Å². The molecule has 0 saturated carbocycles. The van der Waals surface area contributed by atoms with Gasteiger partial charge in [-0.15, -0.1) is 0 Å². The van der Waals surface area contributed by atoms with E-state index >= 15 is 0 Å². The van der Waals surface area contributed by atoms with Gasteiger partial charge in [0.05, 0.1) is 12.6 Å². The van der Waals surface area contributed by atoms with E-state index < -0.39 is 6.10 Å². The van der Waals surface area contributed by atoms with Gasteiger partial charge in [-0.3, -0.25) is 4.90 Å². The van der Waals surface area contributed by atoms with Crippen LogP contribution in [0.2, 0.25) is 0 Å². The number of rotatable bonds is 5. The number of β-amino-alcohol motifs (C(OH)–C–C–N with tert-alkyl or cyclic N) is 1. The molecule has 1 aromatic rings. The highest BCUT2D eigenvalue weighted by molar-refractivity contribution is 5.74. The third kappa shape index (κ3) is 4.08. The van der Waals surface area contributed by atoms with Gasteiger partial charge in [0.15, 0.2) is 0 Å². The fourth-order valence-corrected chi connectivity index (χ4v) is 3.66. The molecule has 2 aliphatic rings. The number of aryl methyl sites for hydroxylation is 1. The molecule has 2 N–H and O–H groups in total. The topological polar surface area (TPSA) is 73.6 Å². The zero-order valence-electron chi connectivity index (χ0n) is 14.5. The van der Waals surface area contributed by atoms with Crippen LogP contribution in [0, 0.1) is 5.92 Å². The maximum absolute atomic E-state index is 12.1. The number of aliphatic hydroxyl groups excluding tert-OH is 1. The van der Waals surface area contributed by atoms with E-state index in [4.69, 9.17) is 0 Å². The van der Waals surface area contributed by atoms with Crippen LogP contribution >= 0.6 is 0 Å². The smallest absolute Gasteiger partial charge is 0.317 e. The lowest BCUT2D eigenvalue weighted by Crippen LogP contribution is -2.49. The monoisotopic (exact) mass is 335 g/mol. The van der Waals surface area contributed by atoms with Gasteiger partial charge in [-0.2, -0.15) is 0 Å². The summed E-state index contributed by atoms with van der Waals surface area (Å²) in [6, 6.07) is 0.0205. The normalized spacial score (nSPS) is 25.2. The molecule has 2 atom stereocenters. The van der Waals surface area contributed by atoms with Crippen LogP contribution in [0.3, 0.4) is 0 Å². The fraction of sp³-hybridized carbons (Fsp3) is 0.765. The predicted octanol–water partition coefficient (Wildman–Crippen LogP) is 0.891. The predicted molar refractivity (Wildman–Crippen MR) is 91.5 cm³/mol. The molecule has 2 amide bonds. The summed E-state index contributed by atoms with van der Waals surface area (Å²) in [5, 5.41) is 13.4. The molecule has 2 saturated heterocycles. The van der Waals surface area contributed by atoms with Gasteiger partial charge < -0.3 is 19.9 Å². The number of nitrogens with one attached hydrogen (secondary N) is 1. The SMILES string of the molecule is CCn1ccnc1CN1CC[C@@H](CNC(=O)N2CCCC2)[C@H](O)C1. The molecule has 2 aliphatic heterocycles. The molecule has 7 nitrogen and oxygen atoms in total. The molecule has 3 heterocycles. The van der Waals surface area contributed by atoms with Crippen LogP contribution in [0.5, 0.6) is 0 Å². The first-order chi connectivity index (χ1) is 11.7. The van der Waals surface area contributed by atoms with Gasteiger partial charge >= 0.3 is 6.03 Å². The molecular weight excluding hydrogens is 306 g/mol. The molecule has 2 fully saturated rings. The first-order valence-electron chi connectivity index (χ1n) is 9.10. The van der Waals surface area contributed by atoms with Crippen LogP contribution in [-0.2, 0) is 13.1 Å². The molecular formula is C17H29N5O2. The van der Waals surface area contributed by atoms with Crippen molar-refractivity contribution in [3.63, 3.8) is 0 Å². The molecule has 0 unspecified atom stereocenters. The van der Waals surface area contributed by atoms with Crippen molar-refractivity contribution < 1.29 is 9.90 Å². The number of amides is 2. The van der Waals surface area contributed by atoms with Crippen molar-refractivity contribution in [1.82, 2.24) is 24.7 Å². The van der Waals surface area contributed by atoms with E-state index in [1.807, 2.05) is 17.3 Å². The van der Waals surface area contributed by atoms with Gasteiger partial charge in [0.1, 0.15) is 5.82 Å². The van der Waals surface area contributed by atoms with E-state index in [1.54, 1.807) is 0 Å². The maximum atomic E-state index is 12.1. The highest BCUT2D eigenvalue weighted by Crippen LogP contribution is 2.19. The second kappa shape index (κ2) is 7.98. The summed E-state index contributed by atoms with van der Waals surface area (Å²) in [6.07, 6.45) is 6.52. The quantitative estimate of drug-likeness (QED) is 0.838. The molecule has 1 aromatic heterocycles. The Hall–Kier alpha value is -1.60. The molecule has 0 spiro atoms. The number of aromatic nitrogens is 2. The summed E-state index contributed by atoms with van der Waals surface area (Å²) in [6.45, 7) is 7.64. The van der Waals surface area contributed by atoms with E-state index in [2.05, 4.69) is 26.7 Å². The Bertz CT molecular complexity index is 541. The average molecular weight is 335 g/mol. The first kappa shape index (κ1) is 17.2. The zero-order valence-corrected chi connectivity index (χ0v) is 14.5. The summed E-state index contributed by atoms with van der Waals surface area (Å²) < 4.78 is 2.13. The number of hydrogen-bond acceptors (Lipinski definition) is 4. The fourth-order valence-electron chi connectivity index (χ4n) is 3.66. The van der Waals surface area contributed by atoms with Crippen molar-refractivity contribution in [2.45, 2.75) is 45.4 Å².